The SMILES string of the molecule is Cc1[nH]ncc1CNC[C@H]1CCN(c2ccccc2)C1. The molecule has 0 radical (unpaired) electrons. The highest BCUT2D eigenvalue weighted by molar-refractivity contribution is 5.46. The second-order valence-corrected chi connectivity index (χ2v) is 5.59. The number of hydrogen-bond acceptors (Lipinski definition) is 3. The van der Waals surface area contributed by atoms with Crippen molar-refractivity contribution in [3.05, 3.63) is 47.8 Å². The van der Waals surface area contributed by atoms with Crippen molar-refractivity contribution in [2.24, 2.45) is 5.92 Å². The van der Waals surface area contributed by atoms with Crippen LogP contribution in [0.5, 0.6) is 0 Å². The fourth-order valence-electron chi connectivity index (χ4n) is 2.84. The van der Waals surface area contributed by atoms with Crippen molar-refractivity contribution in [3.63, 3.8) is 0 Å². The van der Waals surface area contributed by atoms with Crippen molar-refractivity contribution >= 4 is 5.69 Å². The summed E-state index contributed by atoms with van der Waals surface area (Å²) in [6, 6.07) is 10.7. The highest BCUT2D eigenvalue weighted by Gasteiger charge is 2.22. The van der Waals surface area contributed by atoms with Gasteiger partial charge in [0.05, 0.1) is 6.20 Å². The van der Waals surface area contributed by atoms with Crippen LogP contribution in [-0.2, 0) is 6.54 Å². The molecule has 106 valence electrons. The predicted molar refractivity (Wildman–Crippen MR) is 81.8 cm³/mol. The van der Waals surface area contributed by atoms with Gasteiger partial charge in [0.2, 0.25) is 0 Å². The Morgan fingerprint density at radius 1 is 1.35 bits per heavy atom. The standard InChI is InChI=1S/C16H22N4/c1-13-15(11-18-19-13)10-17-9-14-7-8-20(12-14)16-5-3-2-4-6-16/h2-6,11,14,17H,7-10,12H2,1H3,(H,18,19)/t14-/m1/s1. The van der Waals surface area contributed by atoms with Gasteiger partial charge in [-0.15, -0.1) is 0 Å². The van der Waals surface area contributed by atoms with Gasteiger partial charge < -0.3 is 10.2 Å². The van der Waals surface area contributed by atoms with Crippen molar-refractivity contribution in [2.45, 2.75) is 19.9 Å². The van der Waals surface area contributed by atoms with Crippen LogP contribution in [0.15, 0.2) is 36.5 Å². The number of aryl methyl sites for hydroxylation is 1. The predicted octanol–water partition coefficient (Wildman–Crippen LogP) is 2.33. The van der Waals surface area contributed by atoms with Gasteiger partial charge in [-0.3, -0.25) is 5.10 Å². The largest absolute Gasteiger partial charge is 0.371 e. The first-order valence-corrected chi connectivity index (χ1v) is 7.32. The molecule has 1 aliphatic rings. The van der Waals surface area contributed by atoms with Crippen molar-refractivity contribution in [2.75, 3.05) is 24.5 Å². The molecular formula is C16H22N4. The molecular weight excluding hydrogens is 248 g/mol. The van der Waals surface area contributed by atoms with E-state index in [9.17, 15) is 0 Å². The number of hydrogen-bond donors (Lipinski definition) is 2. The van der Waals surface area contributed by atoms with Crippen LogP contribution < -0.4 is 10.2 Å². The third kappa shape index (κ3) is 3.02. The first-order valence-electron chi connectivity index (χ1n) is 7.32. The van der Waals surface area contributed by atoms with E-state index in [0.29, 0.717) is 0 Å². The lowest BCUT2D eigenvalue weighted by atomic mass is 10.1. The molecule has 1 saturated heterocycles. The number of aromatic amines is 1. The van der Waals surface area contributed by atoms with Crippen molar-refractivity contribution < 1.29 is 0 Å². The van der Waals surface area contributed by atoms with Gasteiger partial charge in [0.25, 0.3) is 0 Å². The molecule has 0 bridgehead atoms. The Balaban J connectivity index is 1.45. The Bertz CT molecular complexity index is 534. The minimum Gasteiger partial charge on any atom is -0.371 e. The molecule has 1 aromatic heterocycles. The molecule has 0 unspecified atom stereocenters. The maximum Gasteiger partial charge on any atom is 0.0535 e. The van der Waals surface area contributed by atoms with E-state index in [4.69, 9.17) is 0 Å². The summed E-state index contributed by atoms with van der Waals surface area (Å²) in [6.45, 7) is 6.37. The summed E-state index contributed by atoms with van der Waals surface area (Å²) in [5.74, 6) is 0.738. The molecule has 0 aliphatic carbocycles. The zero-order valence-electron chi connectivity index (χ0n) is 12.0. The van der Waals surface area contributed by atoms with Crippen LogP contribution in [0.1, 0.15) is 17.7 Å². The van der Waals surface area contributed by atoms with Crippen LogP contribution in [0.4, 0.5) is 5.69 Å². The topological polar surface area (TPSA) is 44.0 Å². The van der Waals surface area contributed by atoms with Crippen LogP contribution >= 0.6 is 0 Å². The highest BCUT2D eigenvalue weighted by Crippen LogP contribution is 2.22. The van der Waals surface area contributed by atoms with Crippen LogP contribution in [0.3, 0.4) is 0 Å². The molecule has 1 aromatic carbocycles. The van der Waals surface area contributed by atoms with Gasteiger partial charge in [0.15, 0.2) is 0 Å². The number of rotatable bonds is 5. The molecule has 4 nitrogen and oxygen atoms in total. The van der Waals surface area contributed by atoms with Gasteiger partial charge >= 0.3 is 0 Å². The highest BCUT2D eigenvalue weighted by atomic mass is 15.2. The molecule has 0 saturated carbocycles. The number of aromatic nitrogens is 2. The Morgan fingerprint density at radius 2 is 2.20 bits per heavy atom. The summed E-state index contributed by atoms with van der Waals surface area (Å²) in [6.07, 6.45) is 3.18. The number of nitrogens with one attached hydrogen (secondary N) is 2. The molecule has 1 aliphatic heterocycles. The summed E-state index contributed by atoms with van der Waals surface area (Å²) in [7, 11) is 0. The Morgan fingerprint density at radius 3 is 2.95 bits per heavy atom. The van der Waals surface area contributed by atoms with E-state index >= 15 is 0 Å². The summed E-state index contributed by atoms with van der Waals surface area (Å²) >= 11 is 0. The smallest absolute Gasteiger partial charge is 0.0535 e. The molecule has 0 spiro atoms. The summed E-state index contributed by atoms with van der Waals surface area (Å²) in [5, 5.41) is 10.6. The quantitative estimate of drug-likeness (QED) is 0.876. The average Bonchev–Trinajstić information content (AvgIpc) is 3.10. The molecule has 3 rings (SSSR count). The van der Waals surface area contributed by atoms with Crippen molar-refractivity contribution in [3.8, 4) is 0 Å². The summed E-state index contributed by atoms with van der Waals surface area (Å²) in [5.41, 5.74) is 3.78. The second kappa shape index (κ2) is 6.09. The maximum absolute atomic E-state index is 4.05. The number of benzene rings is 1. The molecule has 0 amide bonds. The summed E-state index contributed by atoms with van der Waals surface area (Å²) < 4.78 is 0. The van der Waals surface area contributed by atoms with E-state index in [1.807, 2.05) is 6.20 Å². The minimum atomic E-state index is 0.738. The lowest BCUT2D eigenvalue weighted by Gasteiger charge is -2.18. The third-order valence-corrected chi connectivity index (χ3v) is 4.09. The van der Waals surface area contributed by atoms with Gasteiger partial charge in [0.1, 0.15) is 0 Å². The van der Waals surface area contributed by atoms with E-state index in [0.717, 1.165) is 31.2 Å². The normalized spacial score (nSPS) is 18.6. The van der Waals surface area contributed by atoms with Gasteiger partial charge in [-0.1, -0.05) is 18.2 Å². The van der Waals surface area contributed by atoms with E-state index in [1.54, 1.807) is 0 Å². The average molecular weight is 270 g/mol. The zero-order chi connectivity index (χ0) is 13.8. The number of H-pyrrole nitrogens is 1. The van der Waals surface area contributed by atoms with Gasteiger partial charge in [0, 0.05) is 43.1 Å². The monoisotopic (exact) mass is 270 g/mol. The van der Waals surface area contributed by atoms with Crippen LogP contribution in [0, 0.1) is 12.8 Å². The van der Waals surface area contributed by atoms with E-state index < -0.39 is 0 Å². The van der Waals surface area contributed by atoms with Crippen molar-refractivity contribution in [1.82, 2.24) is 15.5 Å². The Labute approximate surface area is 120 Å². The van der Waals surface area contributed by atoms with E-state index in [2.05, 4.69) is 57.7 Å². The second-order valence-electron chi connectivity index (χ2n) is 5.59. The first-order chi connectivity index (χ1) is 9.83. The molecule has 2 heterocycles. The fourth-order valence-corrected chi connectivity index (χ4v) is 2.84. The van der Waals surface area contributed by atoms with Gasteiger partial charge in [-0.05, 0) is 31.4 Å². The van der Waals surface area contributed by atoms with E-state index in [-0.39, 0.29) is 0 Å². The van der Waals surface area contributed by atoms with Gasteiger partial charge in [-0.2, -0.15) is 5.10 Å². The number of nitrogens with zero attached hydrogens (tertiary/aromatic N) is 2. The van der Waals surface area contributed by atoms with E-state index in [1.165, 1.54) is 24.2 Å². The Hall–Kier alpha value is -1.81. The molecule has 4 heteroatoms. The first kappa shape index (κ1) is 13.2. The van der Waals surface area contributed by atoms with Crippen LogP contribution in [0.2, 0.25) is 0 Å². The zero-order valence-corrected chi connectivity index (χ0v) is 12.0. The third-order valence-electron chi connectivity index (χ3n) is 4.09. The molecule has 1 atom stereocenters. The number of para-hydroxylation sites is 1. The van der Waals surface area contributed by atoms with Crippen LogP contribution in [0.25, 0.3) is 0 Å². The Kier molecular flexibility index (Phi) is 4.02. The molecule has 1 fully saturated rings. The molecule has 20 heavy (non-hydrogen) atoms. The molecule has 2 N–H and O–H groups in total. The van der Waals surface area contributed by atoms with Crippen molar-refractivity contribution in [1.29, 1.82) is 0 Å². The number of anilines is 1. The van der Waals surface area contributed by atoms with Gasteiger partial charge in [-0.25, -0.2) is 0 Å². The minimum absolute atomic E-state index is 0.738. The lowest BCUT2D eigenvalue weighted by Crippen LogP contribution is -2.26. The molecule has 2 aromatic rings. The lowest BCUT2D eigenvalue weighted by molar-refractivity contribution is 0.516. The maximum atomic E-state index is 4.05. The fraction of sp³-hybridized carbons (Fsp3) is 0.438. The van der Waals surface area contributed by atoms with Crippen LogP contribution in [-0.4, -0.2) is 29.8 Å². The summed E-state index contributed by atoms with van der Waals surface area (Å²) in [4.78, 5) is 2.48.